The summed E-state index contributed by atoms with van der Waals surface area (Å²) in [7, 11) is 0. The third-order valence-corrected chi connectivity index (χ3v) is 5.17. The van der Waals surface area contributed by atoms with Crippen LogP contribution in [0.4, 0.5) is 5.69 Å². The van der Waals surface area contributed by atoms with Gasteiger partial charge in [0.15, 0.2) is 0 Å². The predicted octanol–water partition coefficient (Wildman–Crippen LogP) is 4.00. The van der Waals surface area contributed by atoms with Crippen molar-refractivity contribution in [3.05, 3.63) is 51.7 Å². The summed E-state index contributed by atoms with van der Waals surface area (Å²) in [4.78, 5) is 17.9. The molecule has 2 heterocycles. The average molecular weight is 423 g/mol. The quantitative estimate of drug-likeness (QED) is 0.791. The summed E-state index contributed by atoms with van der Waals surface area (Å²) < 4.78 is 0.834. The van der Waals surface area contributed by atoms with Crippen LogP contribution in [-0.2, 0) is 11.3 Å². The first-order chi connectivity index (χ1) is 11.2. The van der Waals surface area contributed by atoms with Crippen LogP contribution >= 0.6 is 47.8 Å². The van der Waals surface area contributed by atoms with Gasteiger partial charge in [-0.15, -0.1) is 36.2 Å². The number of rotatable bonds is 5. The highest BCUT2D eigenvalue weighted by molar-refractivity contribution is 7.16. The van der Waals surface area contributed by atoms with Gasteiger partial charge in [0.05, 0.1) is 10.9 Å². The molecule has 1 amide bonds. The average Bonchev–Trinajstić information content (AvgIpc) is 2.99. The second-order valence-electron chi connectivity index (χ2n) is 5.58. The minimum Gasteiger partial charge on any atom is -0.376 e. The monoisotopic (exact) mass is 421 g/mol. The lowest BCUT2D eigenvalue weighted by Gasteiger charge is -2.34. The highest BCUT2D eigenvalue weighted by Crippen LogP contribution is 2.23. The number of carbonyl (C=O) groups excluding carboxylic acids is 1. The van der Waals surface area contributed by atoms with E-state index in [9.17, 15) is 4.79 Å². The Bertz CT molecular complexity index is 646. The maximum Gasteiger partial charge on any atom is 0.241 e. The van der Waals surface area contributed by atoms with E-state index in [1.165, 1.54) is 4.88 Å². The van der Waals surface area contributed by atoms with Crippen molar-refractivity contribution in [1.29, 1.82) is 0 Å². The van der Waals surface area contributed by atoms with Crippen molar-refractivity contribution in [2.24, 2.45) is 0 Å². The molecule has 3 rings (SSSR count). The molecule has 0 saturated carbocycles. The number of nitrogens with one attached hydrogen (secondary N) is 1. The van der Waals surface area contributed by atoms with Crippen LogP contribution in [-0.4, -0.2) is 48.4 Å². The van der Waals surface area contributed by atoms with Crippen molar-refractivity contribution >= 4 is 59.3 Å². The normalized spacial score (nSPS) is 14.4. The molecule has 138 valence electrons. The number of amides is 1. The molecule has 2 aromatic rings. The lowest BCUT2D eigenvalue weighted by Crippen LogP contribution is -2.49. The Labute approximate surface area is 170 Å². The lowest BCUT2D eigenvalue weighted by molar-refractivity contribution is -0.131. The minimum absolute atomic E-state index is 0. The summed E-state index contributed by atoms with van der Waals surface area (Å²) in [6, 6.07) is 13.8. The zero-order valence-corrected chi connectivity index (χ0v) is 16.9. The van der Waals surface area contributed by atoms with E-state index in [2.05, 4.69) is 16.3 Å². The van der Waals surface area contributed by atoms with Gasteiger partial charge in [-0.1, -0.05) is 29.8 Å². The van der Waals surface area contributed by atoms with Crippen molar-refractivity contribution in [2.45, 2.75) is 6.54 Å². The van der Waals surface area contributed by atoms with Gasteiger partial charge in [0, 0.05) is 43.3 Å². The number of piperazine rings is 1. The number of nitrogens with zero attached hydrogens (tertiary/aromatic N) is 2. The molecule has 0 atom stereocenters. The van der Waals surface area contributed by atoms with Crippen molar-refractivity contribution in [1.82, 2.24) is 9.80 Å². The number of thiophene rings is 1. The third kappa shape index (κ3) is 6.68. The van der Waals surface area contributed by atoms with Crippen LogP contribution in [0.2, 0.25) is 4.34 Å². The molecular formula is C17H22Cl3N3OS. The van der Waals surface area contributed by atoms with E-state index in [0.717, 1.165) is 42.7 Å². The largest absolute Gasteiger partial charge is 0.376 e. The fourth-order valence-corrected chi connectivity index (χ4v) is 3.79. The Morgan fingerprint density at radius 2 is 1.72 bits per heavy atom. The highest BCUT2D eigenvalue weighted by atomic mass is 35.5. The molecule has 1 saturated heterocycles. The van der Waals surface area contributed by atoms with Gasteiger partial charge in [-0.05, 0) is 24.3 Å². The summed E-state index contributed by atoms with van der Waals surface area (Å²) in [5, 5.41) is 3.18. The van der Waals surface area contributed by atoms with Gasteiger partial charge in [0.25, 0.3) is 0 Å². The molecule has 0 unspecified atom stereocenters. The summed E-state index contributed by atoms with van der Waals surface area (Å²) in [5.41, 5.74) is 0.981. The summed E-state index contributed by atoms with van der Waals surface area (Å²) in [6.07, 6.45) is 0. The third-order valence-electron chi connectivity index (χ3n) is 3.95. The van der Waals surface area contributed by atoms with Crippen molar-refractivity contribution in [3.63, 3.8) is 0 Å². The number of benzene rings is 1. The van der Waals surface area contributed by atoms with Crippen molar-refractivity contribution < 1.29 is 4.79 Å². The van der Waals surface area contributed by atoms with Gasteiger partial charge >= 0.3 is 0 Å². The first-order valence-electron chi connectivity index (χ1n) is 7.74. The maximum atomic E-state index is 12.3. The Hall–Kier alpha value is -0.980. The fraction of sp³-hybridized carbons (Fsp3) is 0.353. The molecular weight excluding hydrogens is 401 g/mol. The van der Waals surface area contributed by atoms with Crippen molar-refractivity contribution in [3.8, 4) is 0 Å². The molecule has 8 heteroatoms. The van der Waals surface area contributed by atoms with E-state index in [4.69, 9.17) is 11.6 Å². The first kappa shape index (κ1) is 22.1. The van der Waals surface area contributed by atoms with Crippen LogP contribution in [0.5, 0.6) is 0 Å². The second-order valence-corrected chi connectivity index (χ2v) is 7.38. The number of hydrogen-bond acceptors (Lipinski definition) is 4. The van der Waals surface area contributed by atoms with Crippen LogP contribution < -0.4 is 5.32 Å². The first-order valence-corrected chi connectivity index (χ1v) is 8.93. The molecule has 0 bridgehead atoms. The van der Waals surface area contributed by atoms with E-state index < -0.39 is 0 Å². The SMILES string of the molecule is Cl.Cl.O=C(CNc1ccccc1)N1CCN(Cc2ccc(Cl)s2)CC1. The highest BCUT2D eigenvalue weighted by Gasteiger charge is 2.21. The standard InChI is InChI=1S/C17H20ClN3OS.2ClH/c18-16-7-6-15(23-16)13-20-8-10-21(11-9-20)17(22)12-19-14-4-2-1-3-5-14;;/h1-7,19H,8-13H2;2*1H. The second kappa shape index (κ2) is 10.9. The van der Waals surface area contributed by atoms with Gasteiger partial charge in [-0.3, -0.25) is 9.69 Å². The van der Waals surface area contributed by atoms with Gasteiger partial charge in [0.2, 0.25) is 5.91 Å². The van der Waals surface area contributed by atoms with E-state index in [1.54, 1.807) is 11.3 Å². The van der Waals surface area contributed by atoms with Crippen LogP contribution in [0, 0.1) is 0 Å². The number of hydrogen-bond donors (Lipinski definition) is 1. The number of anilines is 1. The molecule has 1 aliphatic heterocycles. The summed E-state index contributed by atoms with van der Waals surface area (Å²) >= 11 is 7.60. The Morgan fingerprint density at radius 3 is 2.32 bits per heavy atom. The molecule has 4 nitrogen and oxygen atoms in total. The molecule has 1 aromatic carbocycles. The van der Waals surface area contributed by atoms with Crippen LogP contribution in [0.1, 0.15) is 4.88 Å². The number of carbonyl (C=O) groups is 1. The zero-order valence-electron chi connectivity index (χ0n) is 13.7. The van der Waals surface area contributed by atoms with Crippen molar-refractivity contribution in [2.75, 3.05) is 38.0 Å². The van der Waals surface area contributed by atoms with E-state index in [0.29, 0.717) is 6.54 Å². The van der Waals surface area contributed by atoms with Gasteiger partial charge in [-0.2, -0.15) is 0 Å². The Balaban J connectivity index is 0.00000156. The smallest absolute Gasteiger partial charge is 0.241 e. The van der Waals surface area contributed by atoms with Crippen LogP contribution in [0.3, 0.4) is 0 Å². The molecule has 0 spiro atoms. The summed E-state index contributed by atoms with van der Waals surface area (Å²) in [6.45, 7) is 4.66. The van der Waals surface area contributed by atoms with Gasteiger partial charge in [0.1, 0.15) is 0 Å². The molecule has 1 fully saturated rings. The van der Waals surface area contributed by atoms with Gasteiger partial charge < -0.3 is 10.2 Å². The zero-order chi connectivity index (χ0) is 16.1. The van der Waals surface area contributed by atoms with E-state index >= 15 is 0 Å². The molecule has 25 heavy (non-hydrogen) atoms. The molecule has 1 aromatic heterocycles. The Kier molecular flexibility index (Phi) is 9.61. The predicted molar refractivity (Wildman–Crippen MR) is 111 cm³/mol. The van der Waals surface area contributed by atoms with Gasteiger partial charge in [-0.25, -0.2) is 0 Å². The lowest BCUT2D eigenvalue weighted by atomic mass is 10.3. The molecule has 0 aliphatic carbocycles. The molecule has 0 radical (unpaired) electrons. The Morgan fingerprint density at radius 1 is 1.04 bits per heavy atom. The molecule has 1 aliphatic rings. The number of halogens is 3. The van der Waals surface area contributed by atoms with E-state index in [1.807, 2.05) is 41.3 Å². The fourth-order valence-electron chi connectivity index (χ4n) is 2.66. The van der Waals surface area contributed by atoms with Crippen LogP contribution in [0.25, 0.3) is 0 Å². The summed E-state index contributed by atoms with van der Waals surface area (Å²) in [5.74, 6) is 0.160. The van der Waals surface area contributed by atoms with E-state index in [-0.39, 0.29) is 30.7 Å². The van der Waals surface area contributed by atoms with Crippen LogP contribution in [0.15, 0.2) is 42.5 Å². The molecule has 1 N–H and O–H groups in total. The minimum atomic E-state index is 0. The maximum absolute atomic E-state index is 12.3. The number of para-hydroxylation sites is 1. The topological polar surface area (TPSA) is 35.6 Å².